The third kappa shape index (κ3) is 4.68. The highest BCUT2D eigenvalue weighted by Gasteiger charge is 2.30. The lowest BCUT2D eigenvalue weighted by molar-refractivity contribution is -0.123. The summed E-state index contributed by atoms with van der Waals surface area (Å²) in [6, 6.07) is 8.76. The fraction of sp³-hybridized carbons (Fsp3) is 0.389. The summed E-state index contributed by atoms with van der Waals surface area (Å²) in [5, 5.41) is 2.96. The highest BCUT2D eigenvalue weighted by atomic mass is 16.5. The minimum atomic E-state index is -0.321. The van der Waals surface area contributed by atoms with Gasteiger partial charge in [-0.05, 0) is 31.5 Å². The van der Waals surface area contributed by atoms with E-state index in [2.05, 4.69) is 26.1 Å². The van der Waals surface area contributed by atoms with Crippen LogP contribution in [0.15, 0.2) is 42.9 Å². The van der Waals surface area contributed by atoms with Crippen molar-refractivity contribution in [2.45, 2.75) is 31.5 Å². The molecule has 0 saturated carbocycles. The van der Waals surface area contributed by atoms with Gasteiger partial charge in [0.15, 0.2) is 0 Å². The maximum atomic E-state index is 12.4. The Balaban J connectivity index is 1.46. The van der Waals surface area contributed by atoms with Crippen LogP contribution in [-0.2, 0) is 4.79 Å². The summed E-state index contributed by atoms with van der Waals surface area (Å²) < 4.78 is 11.0. The molecular weight excluding hydrogens is 334 g/mol. The number of methoxy groups -OCH3 is 1. The highest BCUT2D eigenvalue weighted by Crippen LogP contribution is 2.19. The molecule has 2 aromatic rings. The van der Waals surface area contributed by atoms with Gasteiger partial charge in [0.1, 0.15) is 30.5 Å². The first-order chi connectivity index (χ1) is 12.7. The highest BCUT2D eigenvalue weighted by molar-refractivity contribution is 5.82. The Bertz CT molecular complexity index is 728. The molecule has 1 amide bonds. The molecule has 26 heavy (non-hydrogen) atoms. The zero-order valence-electron chi connectivity index (χ0n) is 14.8. The first-order valence-electron chi connectivity index (χ1n) is 8.50. The molecule has 3 unspecified atom stereocenters. The van der Waals surface area contributed by atoms with Gasteiger partial charge in [0.05, 0.1) is 24.9 Å². The Morgan fingerprint density at radius 2 is 2.19 bits per heavy atom. The largest absolute Gasteiger partial charge is 0.497 e. The number of carbonyl (C=O) groups excluding carboxylic acids is 1. The maximum absolute atomic E-state index is 12.4. The summed E-state index contributed by atoms with van der Waals surface area (Å²) in [5.74, 6) is 1.40. The molecule has 1 aromatic carbocycles. The van der Waals surface area contributed by atoms with Crippen LogP contribution in [0.5, 0.6) is 11.5 Å². The molecule has 2 heterocycles. The molecule has 0 aliphatic carbocycles. The Kier molecular flexibility index (Phi) is 5.98. The lowest BCUT2D eigenvalue weighted by atomic mass is 10.1. The number of aromatic nitrogens is 2. The van der Waals surface area contributed by atoms with Crippen LogP contribution in [0.1, 0.15) is 25.1 Å². The number of hydrogen-bond acceptors (Lipinski definition) is 7. The average molecular weight is 357 g/mol. The van der Waals surface area contributed by atoms with Crippen molar-refractivity contribution in [2.75, 3.05) is 13.7 Å². The van der Waals surface area contributed by atoms with Crippen LogP contribution in [0.25, 0.3) is 0 Å². The number of nitrogens with one attached hydrogen (secondary N) is 3. The van der Waals surface area contributed by atoms with Crippen molar-refractivity contribution in [3.05, 3.63) is 48.5 Å². The number of hydrogen-bond donors (Lipinski definition) is 3. The van der Waals surface area contributed by atoms with Gasteiger partial charge in [-0.3, -0.25) is 10.2 Å². The van der Waals surface area contributed by atoms with Crippen molar-refractivity contribution in [1.29, 1.82) is 0 Å². The number of hydrazine groups is 1. The molecule has 1 fully saturated rings. The molecule has 0 spiro atoms. The summed E-state index contributed by atoms with van der Waals surface area (Å²) in [6.45, 7) is 2.34. The molecule has 1 aliphatic heterocycles. The Morgan fingerprint density at radius 3 is 2.96 bits per heavy atom. The molecule has 1 saturated heterocycles. The third-order valence-corrected chi connectivity index (χ3v) is 4.20. The molecule has 1 aliphatic rings. The number of nitrogens with zero attached hydrogens (tertiary/aromatic N) is 2. The number of rotatable bonds is 7. The van der Waals surface area contributed by atoms with Crippen LogP contribution in [0, 0.1) is 0 Å². The van der Waals surface area contributed by atoms with E-state index in [-0.39, 0.29) is 24.0 Å². The van der Waals surface area contributed by atoms with Gasteiger partial charge >= 0.3 is 0 Å². The summed E-state index contributed by atoms with van der Waals surface area (Å²) in [7, 11) is 1.62. The first kappa shape index (κ1) is 18.1. The van der Waals surface area contributed by atoms with E-state index in [0.717, 1.165) is 17.2 Å². The van der Waals surface area contributed by atoms with Crippen LogP contribution in [0.4, 0.5) is 0 Å². The van der Waals surface area contributed by atoms with Gasteiger partial charge < -0.3 is 14.8 Å². The summed E-state index contributed by atoms with van der Waals surface area (Å²) in [4.78, 5) is 20.5. The summed E-state index contributed by atoms with van der Waals surface area (Å²) in [6.07, 6.45) is 3.76. The van der Waals surface area contributed by atoms with Crippen LogP contribution >= 0.6 is 0 Å². The van der Waals surface area contributed by atoms with E-state index in [1.165, 1.54) is 6.33 Å². The van der Waals surface area contributed by atoms with E-state index in [4.69, 9.17) is 9.47 Å². The predicted octanol–water partition coefficient (Wildman–Crippen LogP) is 0.977. The van der Waals surface area contributed by atoms with Gasteiger partial charge in [-0.15, -0.1) is 0 Å². The van der Waals surface area contributed by atoms with E-state index >= 15 is 0 Å². The van der Waals surface area contributed by atoms with Gasteiger partial charge in [-0.1, -0.05) is 6.07 Å². The minimum absolute atomic E-state index is 0.0336. The van der Waals surface area contributed by atoms with E-state index in [1.807, 2.05) is 31.2 Å². The fourth-order valence-corrected chi connectivity index (χ4v) is 2.74. The molecule has 8 heteroatoms. The van der Waals surface area contributed by atoms with Crippen molar-refractivity contribution in [3.63, 3.8) is 0 Å². The lowest BCUT2D eigenvalue weighted by Crippen LogP contribution is -2.44. The summed E-state index contributed by atoms with van der Waals surface area (Å²) >= 11 is 0. The number of carbonyl (C=O) groups is 1. The maximum Gasteiger partial charge on any atom is 0.239 e. The Labute approximate surface area is 152 Å². The first-order valence-corrected chi connectivity index (χ1v) is 8.50. The number of ether oxygens (including phenoxy) is 2. The Morgan fingerprint density at radius 1 is 1.35 bits per heavy atom. The average Bonchev–Trinajstić information content (AvgIpc) is 3.16. The van der Waals surface area contributed by atoms with Crippen LogP contribution in [0.2, 0.25) is 0 Å². The Hall–Kier alpha value is -2.71. The molecule has 0 bridgehead atoms. The molecule has 3 atom stereocenters. The molecule has 8 nitrogen and oxygen atoms in total. The SMILES string of the molecule is COc1cccc(OCC2CC(C(=O)NC(C)c3ccncn3)NN2)c1. The van der Waals surface area contributed by atoms with E-state index in [9.17, 15) is 4.79 Å². The quantitative estimate of drug-likeness (QED) is 0.679. The zero-order chi connectivity index (χ0) is 18.4. The molecule has 138 valence electrons. The predicted molar refractivity (Wildman–Crippen MR) is 95.5 cm³/mol. The second-order valence-corrected chi connectivity index (χ2v) is 6.13. The third-order valence-electron chi connectivity index (χ3n) is 4.20. The van der Waals surface area contributed by atoms with E-state index < -0.39 is 0 Å². The second-order valence-electron chi connectivity index (χ2n) is 6.13. The monoisotopic (exact) mass is 357 g/mol. The van der Waals surface area contributed by atoms with Crippen molar-refractivity contribution in [2.24, 2.45) is 0 Å². The summed E-state index contributed by atoms with van der Waals surface area (Å²) in [5.41, 5.74) is 6.90. The fourth-order valence-electron chi connectivity index (χ4n) is 2.74. The van der Waals surface area contributed by atoms with E-state index in [1.54, 1.807) is 19.4 Å². The standard InChI is InChI=1S/C18H23N5O3/c1-12(16-6-7-19-11-20-16)21-18(24)17-8-13(22-23-17)10-26-15-5-3-4-14(9-15)25-2/h3-7,9,11-13,17,22-23H,8,10H2,1-2H3,(H,21,24). The van der Waals surface area contributed by atoms with Gasteiger partial charge in [-0.2, -0.15) is 0 Å². The molecule has 0 radical (unpaired) electrons. The van der Waals surface area contributed by atoms with Crippen molar-refractivity contribution in [1.82, 2.24) is 26.1 Å². The number of amides is 1. The van der Waals surface area contributed by atoms with Crippen LogP contribution in [-0.4, -0.2) is 41.7 Å². The van der Waals surface area contributed by atoms with Gasteiger partial charge in [0.2, 0.25) is 5.91 Å². The minimum Gasteiger partial charge on any atom is -0.497 e. The molecule has 3 N–H and O–H groups in total. The van der Waals surface area contributed by atoms with Gasteiger partial charge in [0, 0.05) is 12.3 Å². The van der Waals surface area contributed by atoms with Crippen LogP contribution in [0.3, 0.4) is 0 Å². The smallest absolute Gasteiger partial charge is 0.239 e. The van der Waals surface area contributed by atoms with Crippen LogP contribution < -0.4 is 25.6 Å². The topological polar surface area (TPSA) is 97.4 Å². The second kappa shape index (κ2) is 8.59. The van der Waals surface area contributed by atoms with Gasteiger partial charge in [-0.25, -0.2) is 15.4 Å². The molecule has 1 aromatic heterocycles. The van der Waals surface area contributed by atoms with Crippen molar-refractivity contribution >= 4 is 5.91 Å². The van der Waals surface area contributed by atoms with Crippen molar-refractivity contribution < 1.29 is 14.3 Å². The van der Waals surface area contributed by atoms with Crippen molar-refractivity contribution in [3.8, 4) is 11.5 Å². The lowest BCUT2D eigenvalue weighted by Gasteiger charge is -2.16. The van der Waals surface area contributed by atoms with E-state index in [0.29, 0.717) is 13.0 Å². The zero-order valence-corrected chi connectivity index (χ0v) is 14.8. The molecular formula is C18H23N5O3. The number of benzene rings is 1. The normalized spacial score (nSPS) is 20.4. The van der Waals surface area contributed by atoms with Gasteiger partial charge in [0.25, 0.3) is 0 Å². The molecule has 3 rings (SSSR count).